The molecule has 0 spiro atoms. The van der Waals surface area contributed by atoms with E-state index in [1.165, 1.54) is 4.90 Å². The number of nitrogens with zero attached hydrogens (tertiary/aromatic N) is 2. The molecule has 0 aliphatic carbocycles. The van der Waals surface area contributed by atoms with Crippen molar-refractivity contribution in [1.82, 2.24) is 10.2 Å². The van der Waals surface area contributed by atoms with Gasteiger partial charge in [0.25, 0.3) is 0 Å². The molecule has 0 fully saturated rings. The maximum Gasteiger partial charge on any atom is 0.244 e. The van der Waals surface area contributed by atoms with Crippen molar-refractivity contribution in [2.75, 3.05) is 17.1 Å². The second-order valence-corrected chi connectivity index (χ2v) is 11.0. The summed E-state index contributed by atoms with van der Waals surface area (Å²) in [6.45, 7) is 8.91. The van der Waals surface area contributed by atoms with E-state index in [9.17, 15) is 18.0 Å². The fraction of sp³-hybridized carbons (Fsp3) is 0.440. The number of benzene rings is 2. The van der Waals surface area contributed by atoms with E-state index >= 15 is 0 Å². The predicted octanol–water partition coefficient (Wildman–Crippen LogP) is 4.05. The number of anilines is 1. The first-order chi connectivity index (χ1) is 15.8. The molecular formula is C25H34ClN3O4S. The second-order valence-electron chi connectivity index (χ2n) is 8.65. The summed E-state index contributed by atoms with van der Waals surface area (Å²) in [5, 5.41) is 3.36. The molecule has 0 unspecified atom stereocenters. The summed E-state index contributed by atoms with van der Waals surface area (Å²) >= 11 is 6.33. The maximum absolute atomic E-state index is 13.5. The summed E-state index contributed by atoms with van der Waals surface area (Å²) < 4.78 is 26.4. The Morgan fingerprint density at radius 1 is 1.06 bits per heavy atom. The van der Waals surface area contributed by atoms with Crippen LogP contribution in [0.25, 0.3) is 0 Å². The highest BCUT2D eigenvalue weighted by molar-refractivity contribution is 7.92. The number of sulfonamides is 1. The van der Waals surface area contributed by atoms with Gasteiger partial charge in [-0.25, -0.2) is 8.42 Å². The number of amides is 2. The van der Waals surface area contributed by atoms with Crippen LogP contribution in [0.5, 0.6) is 0 Å². The monoisotopic (exact) mass is 507 g/mol. The van der Waals surface area contributed by atoms with Crippen LogP contribution in [0.4, 0.5) is 5.69 Å². The van der Waals surface area contributed by atoms with Crippen molar-refractivity contribution in [3.05, 3.63) is 64.2 Å². The molecule has 7 nitrogen and oxygen atoms in total. The first kappa shape index (κ1) is 27.7. The lowest BCUT2D eigenvalue weighted by Gasteiger charge is -2.32. The van der Waals surface area contributed by atoms with E-state index in [2.05, 4.69) is 5.32 Å². The van der Waals surface area contributed by atoms with Gasteiger partial charge in [0.15, 0.2) is 0 Å². The highest BCUT2D eigenvalue weighted by Crippen LogP contribution is 2.23. The molecule has 0 radical (unpaired) electrons. The quantitative estimate of drug-likeness (QED) is 0.525. The number of rotatable bonds is 10. The van der Waals surface area contributed by atoms with Gasteiger partial charge in [0.1, 0.15) is 12.6 Å². The van der Waals surface area contributed by atoms with Crippen molar-refractivity contribution >= 4 is 39.1 Å². The van der Waals surface area contributed by atoms with Crippen LogP contribution < -0.4 is 9.62 Å². The topological polar surface area (TPSA) is 86.8 Å². The Labute approximate surface area is 208 Å². The van der Waals surface area contributed by atoms with Crippen LogP contribution in [0, 0.1) is 13.8 Å². The zero-order valence-corrected chi connectivity index (χ0v) is 22.2. The van der Waals surface area contributed by atoms with Crippen LogP contribution in [-0.4, -0.2) is 50.0 Å². The molecule has 0 bridgehead atoms. The van der Waals surface area contributed by atoms with E-state index in [0.717, 1.165) is 28.1 Å². The number of hydrogen-bond acceptors (Lipinski definition) is 4. The molecule has 2 rings (SSSR count). The molecule has 9 heteroatoms. The van der Waals surface area contributed by atoms with Gasteiger partial charge >= 0.3 is 0 Å². The van der Waals surface area contributed by atoms with E-state index in [1.54, 1.807) is 43.3 Å². The molecule has 34 heavy (non-hydrogen) atoms. The maximum atomic E-state index is 13.5. The minimum Gasteiger partial charge on any atom is -0.352 e. The van der Waals surface area contributed by atoms with Gasteiger partial charge < -0.3 is 10.2 Å². The fourth-order valence-electron chi connectivity index (χ4n) is 3.35. The molecule has 2 aromatic carbocycles. The van der Waals surface area contributed by atoms with Gasteiger partial charge in [-0.05, 0) is 69.0 Å². The number of nitrogens with one attached hydrogen (secondary N) is 1. The van der Waals surface area contributed by atoms with Crippen LogP contribution in [0.3, 0.4) is 0 Å². The fourth-order valence-corrected chi connectivity index (χ4v) is 4.39. The second kappa shape index (κ2) is 11.7. The van der Waals surface area contributed by atoms with E-state index in [0.29, 0.717) is 16.3 Å². The molecule has 0 aliphatic heterocycles. The van der Waals surface area contributed by atoms with Gasteiger partial charge in [-0.1, -0.05) is 42.8 Å². The van der Waals surface area contributed by atoms with E-state index in [1.807, 2.05) is 33.8 Å². The number of hydrogen-bond donors (Lipinski definition) is 1. The average Bonchev–Trinajstić information content (AvgIpc) is 2.77. The number of halogens is 1. The van der Waals surface area contributed by atoms with E-state index in [4.69, 9.17) is 11.6 Å². The lowest BCUT2D eigenvalue weighted by atomic mass is 10.1. The summed E-state index contributed by atoms with van der Waals surface area (Å²) in [7, 11) is -3.77. The average molecular weight is 508 g/mol. The molecule has 2 amide bonds. The molecule has 0 saturated carbocycles. The Balaban J connectivity index is 2.42. The molecule has 0 aromatic heterocycles. The van der Waals surface area contributed by atoms with Crippen LogP contribution in [0.15, 0.2) is 42.5 Å². The number of carbonyl (C=O) groups is 2. The van der Waals surface area contributed by atoms with Gasteiger partial charge in [-0.2, -0.15) is 0 Å². The van der Waals surface area contributed by atoms with Crippen molar-refractivity contribution in [3.63, 3.8) is 0 Å². The standard InChI is InChI=1S/C25H34ClN3O4S/c1-7-19(4)27-25(31)20(5)28(15-21-10-8-9-11-23(21)26)24(30)16-29(34(6,32)33)22-13-12-17(2)18(3)14-22/h8-14,19-20H,7,15-16H2,1-6H3,(H,27,31)/t19-,20+/m1/s1. The summed E-state index contributed by atoms with van der Waals surface area (Å²) in [6, 6.07) is 11.4. The van der Waals surface area contributed by atoms with Crippen LogP contribution in [-0.2, 0) is 26.2 Å². The molecule has 2 aromatic rings. The molecule has 0 heterocycles. The zero-order valence-electron chi connectivity index (χ0n) is 20.6. The zero-order chi connectivity index (χ0) is 25.6. The normalized spacial score (nSPS) is 13.1. The van der Waals surface area contributed by atoms with Crippen molar-refractivity contribution in [3.8, 4) is 0 Å². The lowest BCUT2D eigenvalue weighted by Crippen LogP contribution is -2.52. The molecule has 0 saturated heterocycles. The molecule has 1 N–H and O–H groups in total. The first-order valence-corrected chi connectivity index (χ1v) is 13.5. The lowest BCUT2D eigenvalue weighted by molar-refractivity contribution is -0.139. The Kier molecular flexibility index (Phi) is 9.53. The molecule has 0 aliphatic rings. The molecular weight excluding hydrogens is 474 g/mol. The summed E-state index contributed by atoms with van der Waals surface area (Å²) in [4.78, 5) is 27.8. The molecule has 186 valence electrons. The Bertz CT molecular complexity index is 1140. The third kappa shape index (κ3) is 7.21. The van der Waals surface area contributed by atoms with Crippen LogP contribution in [0.2, 0.25) is 5.02 Å². The van der Waals surface area contributed by atoms with E-state index in [-0.39, 0.29) is 18.5 Å². The Hall–Kier alpha value is -2.58. The minimum atomic E-state index is -3.77. The smallest absolute Gasteiger partial charge is 0.244 e. The van der Waals surface area contributed by atoms with Crippen molar-refractivity contribution < 1.29 is 18.0 Å². The van der Waals surface area contributed by atoms with E-state index < -0.39 is 28.5 Å². The number of carbonyl (C=O) groups excluding carboxylic acids is 2. The van der Waals surface area contributed by atoms with Gasteiger partial charge in [0, 0.05) is 17.6 Å². The highest BCUT2D eigenvalue weighted by Gasteiger charge is 2.30. The van der Waals surface area contributed by atoms with Crippen LogP contribution in [0.1, 0.15) is 43.9 Å². The first-order valence-electron chi connectivity index (χ1n) is 11.2. The number of aryl methyl sites for hydroxylation is 2. The summed E-state index contributed by atoms with van der Waals surface area (Å²) in [5.74, 6) is -0.817. The minimum absolute atomic E-state index is 0.0599. The Morgan fingerprint density at radius 3 is 2.26 bits per heavy atom. The highest BCUT2D eigenvalue weighted by atomic mass is 35.5. The third-order valence-electron chi connectivity index (χ3n) is 5.92. The van der Waals surface area contributed by atoms with Crippen molar-refractivity contribution in [1.29, 1.82) is 0 Å². The Morgan fingerprint density at radius 2 is 1.71 bits per heavy atom. The summed E-state index contributed by atoms with van der Waals surface area (Å²) in [6.07, 6.45) is 1.80. The van der Waals surface area contributed by atoms with Gasteiger partial charge in [0.05, 0.1) is 11.9 Å². The SMILES string of the molecule is CC[C@@H](C)NC(=O)[C@H](C)N(Cc1ccccc1Cl)C(=O)CN(c1ccc(C)c(C)c1)S(C)(=O)=O. The van der Waals surface area contributed by atoms with Gasteiger partial charge in [-0.3, -0.25) is 13.9 Å². The predicted molar refractivity (Wildman–Crippen MR) is 137 cm³/mol. The molecule has 2 atom stereocenters. The van der Waals surface area contributed by atoms with Crippen molar-refractivity contribution in [2.24, 2.45) is 0 Å². The van der Waals surface area contributed by atoms with Crippen LogP contribution >= 0.6 is 11.6 Å². The summed E-state index contributed by atoms with van der Waals surface area (Å²) in [5.41, 5.74) is 2.98. The largest absolute Gasteiger partial charge is 0.352 e. The van der Waals surface area contributed by atoms with Gasteiger partial charge in [0.2, 0.25) is 21.8 Å². The van der Waals surface area contributed by atoms with Crippen molar-refractivity contribution in [2.45, 2.75) is 59.7 Å². The van der Waals surface area contributed by atoms with Gasteiger partial charge in [-0.15, -0.1) is 0 Å². The third-order valence-corrected chi connectivity index (χ3v) is 7.43.